The summed E-state index contributed by atoms with van der Waals surface area (Å²) in [6.07, 6.45) is 0. The molecule has 0 aliphatic carbocycles. The Morgan fingerprint density at radius 3 is 2.35 bits per heavy atom. The fraction of sp³-hybridized carbons (Fsp3) is 0.429. The second-order valence-electron chi connectivity index (χ2n) is 4.39. The number of hydrogen-bond donors (Lipinski definition) is 1. The highest BCUT2D eigenvalue weighted by Gasteiger charge is 2.20. The van der Waals surface area contributed by atoms with Gasteiger partial charge in [0.15, 0.2) is 0 Å². The van der Waals surface area contributed by atoms with Gasteiger partial charge in [-0.15, -0.1) is 0 Å². The largest absolute Gasteiger partial charge is 0.508 e. The van der Waals surface area contributed by atoms with Crippen LogP contribution in [-0.2, 0) is 4.79 Å². The van der Waals surface area contributed by atoms with E-state index in [0.717, 1.165) is 11.0 Å². The molecule has 0 unspecified atom stereocenters. The lowest BCUT2D eigenvalue weighted by molar-refractivity contribution is -0.131. The molecule has 110 valence electrons. The maximum atomic E-state index is 13.6. The van der Waals surface area contributed by atoms with Gasteiger partial charge in [-0.05, 0) is 26.0 Å². The molecule has 0 saturated heterocycles. The highest BCUT2D eigenvalue weighted by molar-refractivity contribution is 5.96. The average molecular weight is 282 g/mol. The van der Waals surface area contributed by atoms with Crippen molar-refractivity contribution in [1.82, 2.24) is 9.80 Å². The number of phenolic OH excluding ortho intramolecular Hbond substituents is 1. The summed E-state index contributed by atoms with van der Waals surface area (Å²) in [6.45, 7) is 4.71. The molecule has 0 heterocycles. The molecule has 0 atom stereocenters. The molecule has 0 aromatic heterocycles. The van der Waals surface area contributed by atoms with Gasteiger partial charge in [0.1, 0.15) is 11.6 Å². The zero-order valence-corrected chi connectivity index (χ0v) is 11.9. The standard InChI is InChI=1S/C14H19FN2O3/c1-4-17(5-2)13(19)9-16(3)14(20)11-7-6-10(18)8-12(11)15/h6-8,18H,4-5,9H2,1-3H3. The Bertz CT molecular complexity index is 501. The van der Waals surface area contributed by atoms with Crippen molar-refractivity contribution in [3.05, 3.63) is 29.6 Å². The third kappa shape index (κ3) is 3.69. The normalized spacial score (nSPS) is 10.2. The van der Waals surface area contributed by atoms with Gasteiger partial charge in [-0.1, -0.05) is 0 Å². The minimum atomic E-state index is -0.808. The molecule has 1 aromatic carbocycles. The Morgan fingerprint density at radius 1 is 1.25 bits per heavy atom. The zero-order chi connectivity index (χ0) is 15.3. The van der Waals surface area contributed by atoms with E-state index in [1.165, 1.54) is 19.2 Å². The fourth-order valence-corrected chi connectivity index (χ4v) is 1.83. The first-order valence-electron chi connectivity index (χ1n) is 6.42. The van der Waals surface area contributed by atoms with Gasteiger partial charge in [-0.25, -0.2) is 4.39 Å². The summed E-state index contributed by atoms with van der Waals surface area (Å²) in [5.74, 6) is -1.84. The third-order valence-corrected chi connectivity index (χ3v) is 3.02. The average Bonchev–Trinajstić information content (AvgIpc) is 2.39. The number of hydrogen-bond acceptors (Lipinski definition) is 3. The molecule has 0 bridgehead atoms. The molecule has 0 aliphatic rings. The number of carbonyl (C=O) groups excluding carboxylic acids is 2. The van der Waals surface area contributed by atoms with E-state index in [4.69, 9.17) is 5.11 Å². The third-order valence-electron chi connectivity index (χ3n) is 3.02. The first-order valence-corrected chi connectivity index (χ1v) is 6.42. The minimum Gasteiger partial charge on any atom is -0.508 e. The van der Waals surface area contributed by atoms with Crippen molar-refractivity contribution in [2.45, 2.75) is 13.8 Å². The highest BCUT2D eigenvalue weighted by atomic mass is 19.1. The maximum Gasteiger partial charge on any atom is 0.257 e. The van der Waals surface area contributed by atoms with Gasteiger partial charge in [0, 0.05) is 26.2 Å². The second-order valence-corrected chi connectivity index (χ2v) is 4.39. The van der Waals surface area contributed by atoms with Crippen LogP contribution in [0.5, 0.6) is 5.75 Å². The van der Waals surface area contributed by atoms with Gasteiger partial charge in [0.05, 0.1) is 12.1 Å². The summed E-state index contributed by atoms with van der Waals surface area (Å²) < 4.78 is 13.6. The smallest absolute Gasteiger partial charge is 0.257 e. The summed E-state index contributed by atoms with van der Waals surface area (Å²) in [4.78, 5) is 26.7. The molecule has 1 N–H and O–H groups in total. The molecule has 0 aliphatic heterocycles. The number of benzene rings is 1. The molecule has 0 radical (unpaired) electrons. The molecule has 20 heavy (non-hydrogen) atoms. The van der Waals surface area contributed by atoms with Gasteiger partial charge in [0.2, 0.25) is 5.91 Å². The number of amides is 2. The van der Waals surface area contributed by atoms with Crippen molar-refractivity contribution in [3.8, 4) is 5.75 Å². The molecule has 2 amide bonds. The first-order chi connectivity index (χ1) is 9.40. The van der Waals surface area contributed by atoms with E-state index in [9.17, 15) is 14.0 Å². The lowest BCUT2D eigenvalue weighted by Gasteiger charge is -2.23. The van der Waals surface area contributed by atoms with Gasteiger partial charge < -0.3 is 14.9 Å². The van der Waals surface area contributed by atoms with E-state index < -0.39 is 11.7 Å². The molecular weight excluding hydrogens is 263 g/mol. The predicted molar refractivity (Wildman–Crippen MR) is 73.0 cm³/mol. The maximum absolute atomic E-state index is 13.6. The van der Waals surface area contributed by atoms with Crippen molar-refractivity contribution in [1.29, 1.82) is 0 Å². The Hall–Kier alpha value is -2.11. The van der Waals surface area contributed by atoms with Gasteiger partial charge in [-0.2, -0.15) is 0 Å². The quantitative estimate of drug-likeness (QED) is 0.889. The Morgan fingerprint density at radius 2 is 1.85 bits per heavy atom. The van der Waals surface area contributed by atoms with Crippen molar-refractivity contribution in [3.63, 3.8) is 0 Å². The summed E-state index contributed by atoms with van der Waals surface area (Å²) in [6, 6.07) is 3.30. The molecular formula is C14H19FN2O3. The molecule has 0 saturated carbocycles. The number of aromatic hydroxyl groups is 1. The Balaban J connectivity index is 2.79. The Labute approximate surface area is 117 Å². The number of likely N-dealkylation sites (N-methyl/N-ethyl adjacent to an activating group) is 2. The van der Waals surface area contributed by atoms with Crippen LogP contribution in [-0.4, -0.2) is 53.4 Å². The monoisotopic (exact) mass is 282 g/mol. The van der Waals surface area contributed by atoms with E-state index in [1.54, 1.807) is 4.90 Å². The molecule has 0 fully saturated rings. The number of phenols is 1. The molecule has 0 spiro atoms. The van der Waals surface area contributed by atoms with Crippen LogP contribution < -0.4 is 0 Å². The number of nitrogens with zero attached hydrogens (tertiary/aromatic N) is 2. The number of rotatable bonds is 5. The zero-order valence-electron chi connectivity index (χ0n) is 11.9. The van der Waals surface area contributed by atoms with Crippen molar-refractivity contribution < 1.29 is 19.1 Å². The van der Waals surface area contributed by atoms with Crippen LogP contribution in [0.2, 0.25) is 0 Å². The van der Waals surface area contributed by atoms with Crippen LogP contribution in [0, 0.1) is 5.82 Å². The lowest BCUT2D eigenvalue weighted by Crippen LogP contribution is -2.41. The molecule has 1 aromatic rings. The lowest BCUT2D eigenvalue weighted by atomic mass is 10.2. The van der Waals surface area contributed by atoms with Crippen LogP contribution in [0.1, 0.15) is 24.2 Å². The first kappa shape index (κ1) is 15.9. The van der Waals surface area contributed by atoms with E-state index in [2.05, 4.69) is 0 Å². The summed E-state index contributed by atoms with van der Waals surface area (Å²) in [7, 11) is 1.44. The van der Waals surface area contributed by atoms with Gasteiger partial charge >= 0.3 is 0 Å². The predicted octanol–water partition coefficient (Wildman–Crippen LogP) is 1.47. The summed E-state index contributed by atoms with van der Waals surface area (Å²) in [5.41, 5.74) is -0.169. The van der Waals surface area contributed by atoms with E-state index >= 15 is 0 Å². The number of halogens is 1. The SMILES string of the molecule is CCN(CC)C(=O)CN(C)C(=O)c1ccc(O)cc1F. The summed E-state index contributed by atoms with van der Waals surface area (Å²) >= 11 is 0. The fourth-order valence-electron chi connectivity index (χ4n) is 1.83. The van der Waals surface area contributed by atoms with Crippen LogP contribution in [0.3, 0.4) is 0 Å². The molecule has 5 nitrogen and oxygen atoms in total. The second kappa shape index (κ2) is 6.88. The van der Waals surface area contributed by atoms with Crippen LogP contribution >= 0.6 is 0 Å². The van der Waals surface area contributed by atoms with Crippen LogP contribution in [0.4, 0.5) is 4.39 Å². The van der Waals surface area contributed by atoms with Crippen molar-refractivity contribution >= 4 is 11.8 Å². The highest BCUT2D eigenvalue weighted by Crippen LogP contribution is 2.16. The van der Waals surface area contributed by atoms with Crippen LogP contribution in [0.25, 0.3) is 0 Å². The molecule has 6 heteroatoms. The van der Waals surface area contributed by atoms with Crippen molar-refractivity contribution in [2.75, 3.05) is 26.7 Å². The van der Waals surface area contributed by atoms with Crippen molar-refractivity contribution in [2.24, 2.45) is 0 Å². The summed E-state index contributed by atoms with van der Waals surface area (Å²) in [5, 5.41) is 9.11. The topological polar surface area (TPSA) is 60.9 Å². The Kier molecular flexibility index (Phi) is 5.49. The minimum absolute atomic E-state index is 0.110. The number of carbonyl (C=O) groups is 2. The van der Waals surface area contributed by atoms with Gasteiger partial charge in [-0.3, -0.25) is 9.59 Å². The molecule has 1 rings (SSSR count). The van der Waals surface area contributed by atoms with E-state index in [0.29, 0.717) is 13.1 Å². The van der Waals surface area contributed by atoms with E-state index in [1.807, 2.05) is 13.8 Å². The van der Waals surface area contributed by atoms with E-state index in [-0.39, 0.29) is 23.8 Å². The van der Waals surface area contributed by atoms with Gasteiger partial charge in [0.25, 0.3) is 5.91 Å². The van der Waals surface area contributed by atoms with Crippen LogP contribution in [0.15, 0.2) is 18.2 Å².